The van der Waals surface area contributed by atoms with E-state index in [0.29, 0.717) is 6.04 Å². The second kappa shape index (κ2) is 7.40. The topological polar surface area (TPSA) is 42.2 Å². The van der Waals surface area contributed by atoms with Gasteiger partial charge in [-0.15, -0.1) is 0 Å². The Balaban J connectivity index is 1.38. The monoisotopic (exact) mass is 388 g/mol. The van der Waals surface area contributed by atoms with Crippen molar-refractivity contribution >= 4 is 38.4 Å². The first-order valence-corrected chi connectivity index (χ1v) is 10.8. The average molecular weight is 389 g/mol. The maximum Gasteiger partial charge on any atom is 0.184 e. The van der Waals surface area contributed by atoms with E-state index < -0.39 is 0 Å². The number of benzene rings is 1. The van der Waals surface area contributed by atoms with Crippen LogP contribution in [0.4, 0.5) is 5.13 Å². The Hall–Kier alpha value is -2.66. The SMILES string of the molecule is C=Cc1ccn2c(Cc3ccc4nc(NC5CCCCC5)sc4c3)cnc2c1. The molecule has 0 spiro atoms. The van der Waals surface area contributed by atoms with Crippen LogP contribution in [0.3, 0.4) is 0 Å². The molecule has 1 aliphatic carbocycles. The summed E-state index contributed by atoms with van der Waals surface area (Å²) in [6.45, 7) is 3.83. The Kier molecular flexibility index (Phi) is 4.61. The van der Waals surface area contributed by atoms with Crippen molar-refractivity contribution in [3.8, 4) is 0 Å². The molecule has 5 rings (SSSR count). The van der Waals surface area contributed by atoms with Crippen molar-refractivity contribution < 1.29 is 0 Å². The minimum atomic E-state index is 0.590. The summed E-state index contributed by atoms with van der Waals surface area (Å²) in [7, 11) is 0. The summed E-state index contributed by atoms with van der Waals surface area (Å²) in [5.74, 6) is 0. The molecule has 3 aromatic heterocycles. The van der Waals surface area contributed by atoms with Crippen molar-refractivity contribution in [2.45, 2.75) is 44.6 Å². The fraction of sp³-hybridized carbons (Fsp3) is 0.304. The van der Waals surface area contributed by atoms with Gasteiger partial charge in [-0.1, -0.05) is 49.3 Å². The van der Waals surface area contributed by atoms with Crippen molar-refractivity contribution in [3.63, 3.8) is 0 Å². The van der Waals surface area contributed by atoms with E-state index >= 15 is 0 Å². The zero-order valence-electron chi connectivity index (χ0n) is 15.9. The van der Waals surface area contributed by atoms with Crippen LogP contribution in [0.25, 0.3) is 21.9 Å². The number of rotatable bonds is 5. The maximum atomic E-state index is 4.79. The van der Waals surface area contributed by atoms with E-state index in [-0.39, 0.29) is 0 Å². The molecule has 0 bridgehead atoms. The molecule has 4 nitrogen and oxygen atoms in total. The van der Waals surface area contributed by atoms with Crippen LogP contribution in [0.5, 0.6) is 0 Å². The third-order valence-corrected chi connectivity index (χ3v) is 6.57. The smallest absolute Gasteiger partial charge is 0.184 e. The highest BCUT2D eigenvalue weighted by Crippen LogP contribution is 2.30. The number of aromatic nitrogens is 3. The van der Waals surface area contributed by atoms with Crippen LogP contribution in [0.2, 0.25) is 0 Å². The van der Waals surface area contributed by atoms with Gasteiger partial charge in [-0.25, -0.2) is 9.97 Å². The number of thiazole rings is 1. The van der Waals surface area contributed by atoms with Gasteiger partial charge in [-0.2, -0.15) is 0 Å². The fourth-order valence-electron chi connectivity index (χ4n) is 4.08. The van der Waals surface area contributed by atoms with Crippen molar-refractivity contribution in [2.24, 2.45) is 0 Å². The summed E-state index contributed by atoms with van der Waals surface area (Å²) < 4.78 is 3.40. The van der Waals surface area contributed by atoms with Crippen LogP contribution in [-0.2, 0) is 6.42 Å². The molecule has 0 radical (unpaired) electrons. The summed E-state index contributed by atoms with van der Waals surface area (Å²) in [5, 5.41) is 4.72. The van der Waals surface area contributed by atoms with E-state index in [0.717, 1.165) is 28.3 Å². The minimum Gasteiger partial charge on any atom is -0.359 e. The quantitative estimate of drug-likeness (QED) is 0.461. The molecule has 0 amide bonds. The number of hydrogen-bond acceptors (Lipinski definition) is 4. The summed E-state index contributed by atoms with van der Waals surface area (Å²) in [4.78, 5) is 9.34. The van der Waals surface area contributed by atoms with Gasteiger partial charge in [0.15, 0.2) is 5.13 Å². The molecule has 0 aliphatic heterocycles. The lowest BCUT2D eigenvalue weighted by Crippen LogP contribution is -2.21. The van der Waals surface area contributed by atoms with Crippen molar-refractivity contribution in [2.75, 3.05) is 5.32 Å². The highest BCUT2D eigenvalue weighted by molar-refractivity contribution is 7.22. The Bertz CT molecular complexity index is 1130. The van der Waals surface area contributed by atoms with Gasteiger partial charge in [-0.3, -0.25) is 0 Å². The lowest BCUT2D eigenvalue weighted by molar-refractivity contribution is 0.462. The molecule has 1 N–H and O–H groups in total. The first-order chi connectivity index (χ1) is 13.8. The molecule has 0 unspecified atom stereocenters. The Morgan fingerprint density at radius 2 is 2.07 bits per heavy atom. The Labute approximate surface area is 169 Å². The first-order valence-electron chi connectivity index (χ1n) is 10.0. The lowest BCUT2D eigenvalue weighted by Gasteiger charge is -2.22. The summed E-state index contributed by atoms with van der Waals surface area (Å²) in [6.07, 6.45) is 13.3. The first kappa shape index (κ1) is 17.4. The average Bonchev–Trinajstić information content (AvgIpc) is 3.31. The molecule has 5 heteroatoms. The van der Waals surface area contributed by atoms with Gasteiger partial charge in [0.1, 0.15) is 5.65 Å². The number of imidazole rings is 1. The van der Waals surface area contributed by atoms with E-state index in [9.17, 15) is 0 Å². The lowest BCUT2D eigenvalue weighted by atomic mass is 9.96. The third-order valence-electron chi connectivity index (χ3n) is 5.62. The fourth-order valence-corrected chi connectivity index (χ4v) is 5.08. The second-order valence-electron chi connectivity index (χ2n) is 7.62. The molecule has 142 valence electrons. The van der Waals surface area contributed by atoms with Crippen LogP contribution >= 0.6 is 11.3 Å². The van der Waals surface area contributed by atoms with Gasteiger partial charge < -0.3 is 9.72 Å². The van der Waals surface area contributed by atoms with E-state index in [1.54, 1.807) is 11.3 Å². The highest BCUT2D eigenvalue weighted by Gasteiger charge is 2.15. The van der Waals surface area contributed by atoms with Gasteiger partial charge in [0.2, 0.25) is 0 Å². The van der Waals surface area contributed by atoms with Gasteiger partial charge in [0.05, 0.1) is 10.2 Å². The zero-order chi connectivity index (χ0) is 18.9. The van der Waals surface area contributed by atoms with Gasteiger partial charge in [0.25, 0.3) is 0 Å². The van der Waals surface area contributed by atoms with E-state index in [2.05, 4.69) is 57.8 Å². The van der Waals surface area contributed by atoms with E-state index in [4.69, 9.17) is 4.98 Å². The molecule has 4 aromatic rings. The molecule has 1 aromatic carbocycles. The molecule has 1 saturated carbocycles. The van der Waals surface area contributed by atoms with Crippen LogP contribution in [-0.4, -0.2) is 20.4 Å². The van der Waals surface area contributed by atoms with Gasteiger partial charge >= 0.3 is 0 Å². The predicted octanol–water partition coefficient (Wildman–Crippen LogP) is 5.92. The molecule has 0 saturated heterocycles. The van der Waals surface area contributed by atoms with E-state index in [1.807, 2.05) is 12.3 Å². The predicted molar refractivity (Wildman–Crippen MR) is 118 cm³/mol. The number of fused-ring (bicyclic) bond motifs is 2. The van der Waals surface area contributed by atoms with Crippen LogP contribution in [0.1, 0.15) is 48.9 Å². The third kappa shape index (κ3) is 3.42. The molecular weight excluding hydrogens is 364 g/mol. The second-order valence-corrected chi connectivity index (χ2v) is 8.65. The number of nitrogens with zero attached hydrogens (tertiary/aromatic N) is 3. The van der Waals surface area contributed by atoms with Crippen LogP contribution in [0.15, 0.2) is 49.3 Å². The zero-order valence-corrected chi connectivity index (χ0v) is 16.7. The molecule has 1 aliphatic rings. The molecular formula is C23H24N4S. The number of hydrogen-bond donors (Lipinski definition) is 1. The van der Waals surface area contributed by atoms with E-state index in [1.165, 1.54) is 48.1 Å². The number of nitrogens with one attached hydrogen (secondary N) is 1. The molecule has 3 heterocycles. The largest absolute Gasteiger partial charge is 0.359 e. The Morgan fingerprint density at radius 3 is 2.93 bits per heavy atom. The standard InChI is InChI=1S/C23H24N4S/c1-2-16-10-11-27-19(15-24-22(27)14-16)12-17-8-9-20-21(13-17)28-23(26-20)25-18-6-4-3-5-7-18/h2,8-11,13-15,18H,1,3-7,12H2,(H,25,26). The maximum absolute atomic E-state index is 4.79. The van der Waals surface area contributed by atoms with Crippen molar-refractivity contribution in [1.82, 2.24) is 14.4 Å². The minimum absolute atomic E-state index is 0.590. The Morgan fingerprint density at radius 1 is 1.18 bits per heavy atom. The normalized spacial score (nSPS) is 15.3. The molecule has 0 atom stereocenters. The molecule has 28 heavy (non-hydrogen) atoms. The number of pyridine rings is 1. The highest BCUT2D eigenvalue weighted by atomic mass is 32.1. The van der Waals surface area contributed by atoms with Crippen molar-refractivity contribution in [1.29, 1.82) is 0 Å². The van der Waals surface area contributed by atoms with Gasteiger partial charge in [0, 0.05) is 30.6 Å². The van der Waals surface area contributed by atoms with Crippen molar-refractivity contribution in [3.05, 3.63) is 66.1 Å². The van der Waals surface area contributed by atoms with Gasteiger partial charge in [-0.05, 0) is 48.2 Å². The molecule has 1 fully saturated rings. The van der Waals surface area contributed by atoms with Crippen LogP contribution in [0, 0.1) is 0 Å². The number of anilines is 1. The van der Waals surface area contributed by atoms with Crippen LogP contribution < -0.4 is 5.32 Å². The summed E-state index contributed by atoms with van der Waals surface area (Å²) in [6, 6.07) is 11.3. The summed E-state index contributed by atoms with van der Waals surface area (Å²) >= 11 is 1.77. The summed E-state index contributed by atoms with van der Waals surface area (Å²) in [5.41, 5.74) is 5.62.